The van der Waals surface area contributed by atoms with Crippen LogP contribution in [0.15, 0.2) is 61.2 Å². The lowest BCUT2D eigenvalue weighted by Crippen LogP contribution is -2.32. The van der Waals surface area contributed by atoms with Gasteiger partial charge in [0.15, 0.2) is 0 Å². The summed E-state index contributed by atoms with van der Waals surface area (Å²) in [4.78, 5) is 24.6. The Morgan fingerprint density at radius 2 is 1.63 bits per heavy atom. The van der Waals surface area contributed by atoms with Crippen LogP contribution >= 0.6 is 0 Å². The van der Waals surface area contributed by atoms with Gasteiger partial charge in [-0.3, -0.25) is 0 Å². The number of methoxy groups -OCH3 is 1. The Hall–Kier alpha value is -2.88. The van der Waals surface area contributed by atoms with Gasteiger partial charge < -0.3 is 9.47 Å². The van der Waals surface area contributed by atoms with E-state index in [-0.39, 0.29) is 0 Å². The molecule has 0 amide bonds. The molecule has 0 spiro atoms. The van der Waals surface area contributed by atoms with E-state index in [4.69, 9.17) is 9.47 Å². The second kappa shape index (κ2) is 9.17. The van der Waals surface area contributed by atoms with Crippen LogP contribution < -0.4 is 0 Å². The highest BCUT2D eigenvalue weighted by molar-refractivity contribution is 5.95. The van der Waals surface area contributed by atoms with Crippen molar-refractivity contribution < 1.29 is 19.1 Å². The minimum absolute atomic E-state index is 0.317. The van der Waals surface area contributed by atoms with E-state index in [1.54, 1.807) is 18.2 Å². The molecular weight excluding hydrogens is 340 g/mol. The van der Waals surface area contributed by atoms with Gasteiger partial charge >= 0.3 is 11.9 Å². The Morgan fingerprint density at radius 1 is 1.00 bits per heavy atom. The van der Waals surface area contributed by atoms with E-state index in [2.05, 4.69) is 6.58 Å². The molecule has 0 unspecified atom stereocenters. The van der Waals surface area contributed by atoms with Crippen LogP contribution in [0.25, 0.3) is 0 Å². The van der Waals surface area contributed by atoms with Crippen LogP contribution in [0.1, 0.15) is 58.5 Å². The van der Waals surface area contributed by atoms with Crippen LogP contribution in [0.3, 0.4) is 0 Å². The number of hydrogen-bond donors (Lipinski definition) is 0. The van der Waals surface area contributed by atoms with E-state index in [0.29, 0.717) is 30.4 Å². The molecule has 4 heteroatoms. The molecule has 2 aromatic carbocycles. The van der Waals surface area contributed by atoms with Crippen molar-refractivity contribution in [3.63, 3.8) is 0 Å². The molecular formula is C23H26O4. The highest BCUT2D eigenvalue weighted by atomic mass is 16.6. The molecule has 0 aliphatic heterocycles. The molecule has 0 bridgehead atoms. The fourth-order valence-corrected chi connectivity index (χ4v) is 3.26. The molecule has 0 radical (unpaired) electrons. The summed E-state index contributed by atoms with van der Waals surface area (Å²) < 4.78 is 10.8. The maximum atomic E-state index is 12.9. The molecule has 0 saturated carbocycles. The topological polar surface area (TPSA) is 52.6 Å². The second-order valence-corrected chi connectivity index (χ2v) is 6.31. The van der Waals surface area contributed by atoms with E-state index in [0.717, 1.165) is 11.1 Å². The van der Waals surface area contributed by atoms with Gasteiger partial charge in [0.05, 0.1) is 18.2 Å². The fraction of sp³-hybridized carbons (Fsp3) is 0.304. The lowest BCUT2D eigenvalue weighted by atomic mass is 9.84. The van der Waals surface area contributed by atoms with Gasteiger partial charge in [-0.1, -0.05) is 50.3 Å². The van der Waals surface area contributed by atoms with Gasteiger partial charge in [-0.2, -0.15) is 0 Å². The molecule has 2 rings (SSSR count). The first-order chi connectivity index (χ1) is 13.0. The third kappa shape index (κ3) is 4.45. The van der Waals surface area contributed by atoms with Crippen LogP contribution in [-0.4, -0.2) is 19.0 Å². The molecule has 2 aromatic rings. The van der Waals surface area contributed by atoms with E-state index in [1.165, 1.54) is 13.2 Å². The van der Waals surface area contributed by atoms with E-state index in [1.807, 2.05) is 44.2 Å². The number of carbonyl (C=O) groups excluding carboxylic acids is 2. The molecule has 0 saturated heterocycles. The summed E-state index contributed by atoms with van der Waals surface area (Å²) in [6.07, 6.45) is 3.82. The predicted octanol–water partition coefficient (Wildman–Crippen LogP) is 5.07. The van der Waals surface area contributed by atoms with Crippen LogP contribution in [-0.2, 0) is 21.5 Å². The van der Waals surface area contributed by atoms with Crippen molar-refractivity contribution in [1.82, 2.24) is 0 Å². The number of esters is 2. The summed E-state index contributed by atoms with van der Waals surface area (Å²) in [6, 6.07) is 14.4. The highest BCUT2D eigenvalue weighted by Gasteiger charge is 2.35. The average molecular weight is 366 g/mol. The van der Waals surface area contributed by atoms with Crippen molar-refractivity contribution in [2.24, 2.45) is 0 Å². The number of carbonyl (C=O) groups is 2. The van der Waals surface area contributed by atoms with Gasteiger partial charge in [-0.15, -0.1) is 6.58 Å². The summed E-state index contributed by atoms with van der Waals surface area (Å²) in [5.74, 6) is -0.948. The van der Waals surface area contributed by atoms with Crippen molar-refractivity contribution in [1.29, 1.82) is 0 Å². The second-order valence-electron chi connectivity index (χ2n) is 6.31. The van der Waals surface area contributed by atoms with Gasteiger partial charge in [-0.05, 0) is 48.6 Å². The van der Waals surface area contributed by atoms with Crippen LogP contribution in [0.2, 0.25) is 0 Å². The summed E-state index contributed by atoms with van der Waals surface area (Å²) in [7, 11) is 1.31. The molecule has 27 heavy (non-hydrogen) atoms. The zero-order valence-corrected chi connectivity index (χ0v) is 16.2. The number of benzene rings is 2. The Morgan fingerprint density at radius 3 is 2.22 bits per heavy atom. The number of rotatable bonds is 8. The number of allylic oxidation sites excluding steroid dienone is 1. The highest BCUT2D eigenvalue weighted by Crippen LogP contribution is 2.36. The normalized spacial score (nSPS) is 10.9. The van der Waals surface area contributed by atoms with E-state index < -0.39 is 17.5 Å². The average Bonchev–Trinajstić information content (AvgIpc) is 2.72. The summed E-state index contributed by atoms with van der Waals surface area (Å²) in [6.45, 7) is 7.83. The number of hydrogen-bond acceptors (Lipinski definition) is 4. The number of ether oxygens (including phenoxy) is 2. The Balaban J connectivity index is 2.40. The summed E-state index contributed by atoms with van der Waals surface area (Å²) >= 11 is 0. The molecule has 0 aromatic heterocycles. The molecule has 0 aliphatic carbocycles. The van der Waals surface area contributed by atoms with Crippen LogP contribution in [0, 0.1) is 0 Å². The summed E-state index contributed by atoms with van der Waals surface area (Å²) in [5.41, 5.74) is 1.99. The Kier molecular flexibility index (Phi) is 6.94. The zero-order chi connectivity index (χ0) is 19.9. The summed E-state index contributed by atoms with van der Waals surface area (Å²) in [5, 5.41) is 0. The van der Waals surface area contributed by atoms with Crippen molar-refractivity contribution in [3.8, 4) is 0 Å². The SMILES string of the molecule is C=CCc1ccccc1C(CC)(CC)OC(=O)c1cccc(C(=O)OC)c1. The molecule has 0 aliphatic rings. The standard InChI is InChI=1S/C23H26O4/c1-5-11-17-12-8-9-15-20(17)23(6-2,7-3)27-22(25)19-14-10-13-18(16-19)21(24)26-4/h5,8-10,12-16H,1,6-7,11H2,2-4H3. The molecule has 0 fully saturated rings. The van der Waals surface area contributed by atoms with Crippen molar-refractivity contribution in [3.05, 3.63) is 83.4 Å². The maximum absolute atomic E-state index is 12.9. The van der Waals surface area contributed by atoms with Crippen LogP contribution in [0.5, 0.6) is 0 Å². The van der Waals surface area contributed by atoms with E-state index >= 15 is 0 Å². The first-order valence-corrected chi connectivity index (χ1v) is 9.12. The lowest BCUT2D eigenvalue weighted by molar-refractivity contribution is -0.0267. The third-order valence-corrected chi connectivity index (χ3v) is 4.82. The Labute approximate surface area is 160 Å². The van der Waals surface area contributed by atoms with Crippen LogP contribution in [0.4, 0.5) is 0 Å². The molecule has 0 atom stereocenters. The van der Waals surface area contributed by atoms with E-state index in [9.17, 15) is 9.59 Å². The largest absolute Gasteiger partial charge is 0.465 e. The lowest BCUT2D eigenvalue weighted by Gasteiger charge is -2.34. The minimum atomic E-state index is -0.738. The van der Waals surface area contributed by atoms with Crippen molar-refractivity contribution in [2.75, 3.05) is 7.11 Å². The third-order valence-electron chi connectivity index (χ3n) is 4.82. The van der Waals surface area contributed by atoms with Crippen molar-refractivity contribution in [2.45, 2.75) is 38.7 Å². The van der Waals surface area contributed by atoms with Crippen molar-refractivity contribution >= 4 is 11.9 Å². The van der Waals surface area contributed by atoms with Gasteiger partial charge in [-0.25, -0.2) is 9.59 Å². The van der Waals surface area contributed by atoms with Gasteiger partial charge in [0, 0.05) is 0 Å². The maximum Gasteiger partial charge on any atom is 0.339 e. The fourth-order valence-electron chi connectivity index (χ4n) is 3.26. The smallest absolute Gasteiger partial charge is 0.339 e. The first kappa shape index (κ1) is 20.4. The quantitative estimate of drug-likeness (QED) is 0.483. The molecule has 4 nitrogen and oxygen atoms in total. The zero-order valence-electron chi connectivity index (χ0n) is 16.2. The van der Waals surface area contributed by atoms with Gasteiger partial charge in [0.2, 0.25) is 0 Å². The molecule has 0 heterocycles. The first-order valence-electron chi connectivity index (χ1n) is 9.12. The minimum Gasteiger partial charge on any atom is -0.465 e. The van der Waals surface area contributed by atoms with Gasteiger partial charge in [0.25, 0.3) is 0 Å². The molecule has 142 valence electrons. The molecule has 0 N–H and O–H groups in total. The Bertz CT molecular complexity index is 819. The van der Waals surface area contributed by atoms with Gasteiger partial charge in [0.1, 0.15) is 5.60 Å². The predicted molar refractivity (Wildman–Crippen MR) is 106 cm³/mol. The monoisotopic (exact) mass is 366 g/mol.